The molecule has 0 aliphatic rings. The van der Waals surface area contributed by atoms with E-state index >= 15 is 0 Å². The molecule has 0 fully saturated rings. The number of carboxylic acid groups (broad SMARTS) is 1. The molecule has 1 aromatic carbocycles. The molecule has 0 aliphatic carbocycles. The molecule has 5 nitrogen and oxygen atoms in total. The number of aromatic nitrogens is 2. The zero-order chi connectivity index (χ0) is 14.9. The summed E-state index contributed by atoms with van der Waals surface area (Å²) in [6.45, 7) is 7.92. The maximum atomic E-state index is 11.1. The number of carboxylic acids is 1. The highest BCUT2D eigenvalue weighted by molar-refractivity contribution is 7.09. The SMILES string of the molecule is Cc1ccc(Nc2nc(C(C)(C)C)ns2)cc1C(=O)O. The molecule has 2 rings (SSSR count). The van der Waals surface area contributed by atoms with Crippen LogP contribution in [0.3, 0.4) is 0 Å². The first-order chi connectivity index (χ1) is 9.27. The average Bonchev–Trinajstić information content (AvgIpc) is 2.79. The first-order valence-electron chi connectivity index (χ1n) is 6.22. The van der Waals surface area contributed by atoms with E-state index in [-0.39, 0.29) is 11.0 Å². The van der Waals surface area contributed by atoms with Crippen LogP contribution in [0.5, 0.6) is 0 Å². The lowest BCUT2D eigenvalue weighted by Gasteiger charge is -2.12. The van der Waals surface area contributed by atoms with E-state index in [9.17, 15) is 4.79 Å². The fourth-order valence-electron chi connectivity index (χ4n) is 1.63. The van der Waals surface area contributed by atoms with Crippen molar-refractivity contribution in [2.24, 2.45) is 0 Å². The van der Waals surface area contributed by atoms with Crippen LogP contribution in [0.15, 0.2) is 18.2 Å². The summed E-state index contributed by atoms with van der Waals surface area (Å²) >= 11 is 1.27. The summed E-state index contributed by atoms with van der Waals surface area (Å²) in [5, 5.41) is 12.9. The standard InChI is InChI=1S/C14H17N3O2S/c1-8-5-6-9(7-10(8)11(18)19)15-13-16-12(17-20-13)14(2,3)4/h5-7H,1-4H3,(H,18,19)(H,15,16,17). The Bertz CT molecular complexity index is 644. The van der Waals surface area contributed by atoms with E-state index in [0.717, 1.165) is 11.4 Å². The normalized spacial score (nSPS) is 11.4. The van der Waals surface area contributed by atoms with Gasteiger partial charge in [0.25, 0.3) is 0 Å². The third-order valence-corrected chi connectivity index (χ3v) is 3.45. The molecule has 1 aromatic heterocycles. The van der Waals surface area contributed by atoms with Gasteiger partial charge in [0, 0.05) is 22.6 Å². The topological polar surface area (TPSA) is 75.1 Å². The van der Waals surface area contributed by atoms with Gasteiger partial charge in [-0.3, -0.25) is 0 Å². The first-order valence-corrected chi connectivity index (χ1v) is 7.00. The van der Waals surface area contributed by atoms with Gasteiger partial charge in [0.15, 0.2) is 0 Å². The van der Waals surface area contributed by atoms with Crippen molar-refractivity contribution in [3.63, 3.8) is 0 Å². The van der Waals surface area contributed by atoms with E-state index in [4.69, 9.17) is 5.11 Å². The minimum Gasteiger partial charge on any atom is -0.478 e. The maximum absolute atomic E-state index is 11.1. The molecule has 0 unspecified atom stereocenters. The second kappa shape index (κ2) is 5.20. The predicted octanol–water partition coefficient (Wildman–Crippen LogP) is 3.59. The summed E-state index contributed by atoms with van der Waals surface area (Å²) < 4.78 is 4.31. The van der Waals surface area contributed by atoms with Gasteiger partial charge in [-0.2, -0.15) is 4.37 Å². The number of anilines is 2. The van der Waals surface area contributed by atoms with E-state index in [1.165, 1.54) is 11.5 Å². The average molecular weight is 291 g/mol. The van der Waals surface area contributed by atoms with Gasteiger partial charge in [0.2, 0.25) is 5.13 Å². The molecule has 6 heteroatoms. The van der Waals surface area contributed by atoms with Gasteiger partial charge in [-0.05, 0) is 24.6 Å². The van der Waals surface area contributed by atoms with Gasteiger partial charge in [-0.15, -0.1) is 0 Å². The molecule has 20 heavy (non-hydrogen) atoms. The van der Waals surface area contributed by atoms with Gasteiger partial charge in [0.1, 0.15) is 5.82 Å². The van der Waals surface area contributed by atoms with Crippen LogP contribution in [0.2, 0.25) is 0 Å². The van der Waals surface area contributed by atoms with Crippen LogP contribution in [0, 0.1) is 6.92 Å². The molecule has 0 saturated heterocycles. The fraction of sp³-hybridized carbons (Fsp3) is 0.357. The van der Waals surface area contributed by atoms with Gasteiger partial charge < -0.3 is 10.4 Å². The zero-order valence-electron chi connectivity index (χ0n) is 11.9. The van der Waals surface area contributed by atoms with Crippen LogP contribution in [-0.2, 0) is 5.41 Å². The number of nitrogens with one attached hydrogen (secondary N) is 1. The number of hydrogen-bond acceptors (Lipinski definition) is 5. The maximum Gasteiger partial charge on any atom is 0.336 e. The van der Waals surface area contributed by atoms with Crippen LogP contribution in [0.4, 0.5) is 10.8 Å². The molecule has 1 heterocycles. The second-order valence-corrected chi connectivity index (χ2v) is 6.38. The Morgan fingerprint density at radius 3 is 2.60 bits per heavy atom. The quantitative estimate of drug-likeness (QED) is 0.904. The molecular formula is C14H17N3O2S. The Morgan fingerprint density at radius 1 is 1.35 bits per heavy atom. The van der Waals surface area contributed by atoms with Gasteiger partial charge in [0.05, 0.1) is 5.56 Å². The summed E-state index contributed by atoms with van der Waals surface area (Å²) in [6, 6.07) is 5.22. The van der Waals surface area contributed by atoms with Gasteiger partial charge in [-0.1, -0.05) is 26.8 Å². The van der Waals surface area contributed by atoms with E-state index in [1.54, 1.807) is 19.1 Å². The van der Waals surface area contributed by atoms with Crippen molar-refractivity contribution in [1.29, 1.82) is 0 Å². The minimum absolute atomic E-state index is 0.101. The number of aryl methyl sites for hydroxylation is 1. The lowest BCUT2D eigenvalue weighted by Crippen LogP contribution is -2.13. The van der Waals surface area contributed by atoms with Crippen molar-refractivity contribution in [2.75, 3.05) is 5.32 Å². The molecule has 106 valence electrons. The molecule has 0 bridgehead atoms. The molecule has 0 spiro atoms. The summed E-state index contributed by atoms with van der Waals surface area (Å²) in [5.74, 6) is -0.158. The van der Waals surface area contributed by atoms with Crippen LogP contribution in [-0.4, -0.2) is 20.4 Å². The summed E-state index contributed by atoms with van der Waals surface area (Å²) in [5.41, 5.74) is 1.62. The third-order valence-electron chi connectivity index (χ3n) is 2.82. The lowest BCUT2D eigenvalue weighted by molar-refractivity contribution is 0.0696. The number of carbonyl (C=O) groups is 1. The predicted molar refractivity (Wildman–Crippen MR) is 80.0 cm³/mol. The highest BCUT2D eigenvalue weighted by Gasteiger charge is 2.19. The summed E-state index contributed by atoms with van der Waals surface area (Å²) in [7, 11) is 0. The largest absolute Gasteiger partial charge is 0.478 e. The van der Waals surface area contributed by atoms with E-state index in [0.29, 0.717) is 10.8 Å². The van der Waals surface area contributed by atoms with Crippen molar-refractivity contribution >= 4 is 28.3 Å². The Balaban J connectivity index is 2.24. The Labute approximate surface area is 121 Å². The minimum atomic E-state index is -0.932. The second-order valence-electron chi connectivity index (χ2n) is 5.63. The van der Waals surface area contributed by atoms with Crippen molar-refractivity contribution in [1.82, 2.24) is 9.36 Å². The molecule has 2 N–H and O–H groups in total. The van der Waals surface area contributed by atoms with Crippen LogP contribution < -0.4 is 5.32 Å². The van der Waals surface area contributed by atoms with Crippen molar-refractivity contribution in [3.8, 4) is 0 Å². The number of rotatable bonds is 3. The van der Waals surface area contributed by atoms with Gasteiger partial charge in [-0.25, -0.2) is 9.78 Å². The fourth-order valence-corrected chi connectivity index (χ4v) is 2.41. The molecule has 2 aromatic rings. The number of aromatic carboxylic acids is 1. The Hall–Kier alpha value is -1.95. The van der Waals surface area contributed by atoms with Crippen LogP contribution in [0.25, 0.3) is 0 Å². The highest BCUT2D eigenvalue weighted by Crippen LogP contribution is 2.26. The monoisotopic (exact) mass is 291 g/mol. The lowest BCUT2D eigenvalue weighted by atomic mass is 9.96. The highest BCUT2D eigenvalue weighted by atomic mass is 32.1. The molecule has 0 radical (unpaired) electrons. The van der Waals surface area contributed by atoms with Crippen molar-refractivity contribution < 1.29 is 9.90 Å². The van der Waals surface area contributed by atoms with E-state index in [2.05, 4.69) is 14.7 Å². The summed E-state index contributed by atoms with van der Waals surface area (Å²) in [4.78, 5) is 15.5. The third kappa shape index (κ3) is 3.14. The Morgan fingerprint density at radius 2 is 2.05 bits per heavy atom. The smallest absolute Gasteiger partial charge is 0.336 e. The van der Waals surface area contributed by atoms with Crippen molar-refractivity contribution in [2.45, 2.75) is 33.1 Å². The number of hydrogen-bond donors (Lipinski definition) is 2. The Kier molecular flexibility index (Phi) is 3.76. The van der Waals surface area contributed by atoms with Crippen LogP contribution >= 0.6 is 11.5 Å². The van der Waals surface area contributed by atoms with Crippen molar-refractivity contribution in [3.05, 3.63) is 35.2 Å². The summed E-state index contributed by atoms with van der Waals surface area (Å²) in [6.07, 6.45) is 0. The molecule has 0 amide bonds. The molecular weight excluding hydrogens is 274 g/mol. The first kappa shape index (κ1) is 14.5. The van der Waals surface area contributed by atoms with Gasteiger partial charge >= 0.3 is 5.97 Å². The van der Waals surface area contributed by atoms with E-state index < -0.39 is 5.97 Å². The zero-order valence-corrected chi connectivity index (χ0v) is 12.7. The molecule has 0 aliphatic heterocycles. The number of benzene rings is 1. The van der Waals surface area contributed by atoms with E-state index in [1.807, 2.05) is 26.8 Å². The number of nitrogens with zero attached hydrogens (tertiary/aromatic N) is 2. The molecule has 0 atom stereocenters. The van der Waals surface area contributed by atoms with Crippen LogP contribution in [0.1, 0.15) is 42.5 Å². The molecule has 0 saturated carbocycles.